The number of nitrogens with zero attached hydrogens (tertiary/aromatic N) is 1. The van der Waals surface area contributed by atoms with Gasteiger partial charge >= 0.3 is 6.18 Å². The summed E-state index contributed by atoms with van der Waals surface area (Å²) in [5.41, 5.74) is 5.20. The molecule has 0 aliphatic carbocycles. The number of nitrogens with two attached hydrogens (primary N) is 1. The van der Waals surface area contributed by atoms with Crippen molar-refractivity contribution < 1.29 is 13.2 Å². The summed E-state index contributed by atoms with van der Waals surface area (Å²) in [5.74, 6) is -1.27. The molecule has 0 saturated carbocycles. The van der Waals surface area contributed by atoms with Gasteiger partial charge < -0.3 is 5.73 Å². The maximum absolute atomic E-state index is 12.8. The van der Waals surface area contributed by atoms with Crippen molar-refractivity contribution in [3.8, 4) is 0 Å². The zero-order chi connectivity index (χ0) is 13.2. The molecule has 3 unspecified atom stereocenters. The van der Waals surface area contributed by atoms with Gasteiger partial charge in [-0.1, -0.05) is 19.1 Å². The molecule has 0 amide bonds. The molecule has 0 bridgehead atoms. The molecule has 0 aromatic heterocycles. The molecule has 0 aromatic rings. The Hall–Kier alpha value is -0.360. The Morgan fingerprint density at radius 3 is 2.53 bits per heavy atom. The van der Waals surface area contributed by atoms with E-state index in [0.29, 0.717) is 12.5 Å². The van der Waals surface area contributed by atoms with E-state index in [0.717, 1.165) is 12.8 Å². The number of likely N-dealkylation sites (tertiary alicyclic amines) is 1. The van der Waals surface area contributed by atoms with Crippen LogP contribution in [0.25, 0.3) is 0 Å². The van der Waals surface area contributed by atoms with Crippen molar-refractivity contribution in [3.63, 3.8) is 0 Å². The van der Waals surface area contributed by atoms with Crippen molar-refractivity contribution in [2.75, 3.05) is 13.1 Å². The van der Waals surface area contributed by atoms with Crippen LogP contribution < -0.4 is 5.73 Å². The summed E-state index contributed by atoms with van der Waals surface area (Å²) in [7, 11) is 0. The minimum atomic E-state index is -4.34. The maximum Gasteiger partial charge on any atom is 0.399 e. The predicted molar refractivity (Wildman–Crippen MR) is 65.8 cm³/mol. The first-order valence-electron chi connectivity index (χ1n) is 5.83. The third-order valence-corrected chi connectivity index (χ3v) is 3.94. The quantitative estimate of drug-likeness (QED) is 0.798. The fourth-order valence-corrected chi connectivity index (χ4v) is 2.48. The molecule has 0 spiro atoms. The van der Waals surface area contributed by atoms with Crippen LogP contribution in [0.2, 0.25) is 0 Å². The summed E-state index contributed by atoms with van der Waals surface area (Å²) >= 11 is 4.53. The van der Waals surface area contributed by atoms with Gasteiger partial charge in [0.25, 0.3) is 0 Å². The van der Waals surface area contributed by atoms with Crippen LogP contribution in [0.4, 0.5) is 13.2 Å². The van der Waals surface area contributed by atoms with Crippen molar-refractivity contribution in [1.82, 2.24) is 4.90 Å². The average molecular weight is 268 g/mol. The highest BCUT2D eigenvalue weighted by molar-refractivity contribution is 7.80. The molecule has 6 heteroatoms. The lowest BCUT2D eigenvalue weighted by molar-refractivity contribution is -0.161. The number of halogens is 3. The van der Waals surface area contributed by atoms with Gasteiger partial charge in [-0.05, 0) is 32.2 Å². The van der Waals surface area contributed by atoms with E-state index in [-0.39, 0.29) is 12.6 Å². The van der Waals surface area contributed by atoms with Crippen molar-refractivity contribution in [1.29, 1.82) is 0 Å². The zero-order valence-electron chi connectivity index (χ0n) is 10.1. The molecule has 2 nitrogen and oxygen atoms in total. The van der Waals surface area contributed by atoms with E-state index < -0.39 is 17.1 Å². The van der Waals surface area contributed by atoms with Crippen LogP contribution in [0, 0.1) is 11.8 Å². The van der Waals surface area contributed by atoms with Gasteiger partial charge in [0.1, 0.15) is 5.92 Å². The molecule has 1 heterocycles. The van der Waals surface area contributed by atoms with Crippen LogP contribution in [-0.2, 0) is 0 Å². The van der Waals surface area contributed by atoms with E-state index in [1.807, 2.05) is 11.8 Å². The summed E-state index contributed by atoms with van der Waals surface area (Å²) in [4.78, 5) is 1.40. The molecule has 1 saturated heterocycles. The van der Waals surface area contributed by atoms with Crippen LogP contribution in [-0.4, -0.2) is 35.2 Å². The lowest BCUT2D eigenvalue weighted by Crippen LogP contribution is -2.50. The van der Waals surface area contributed by atoms with Crippen molar-refractivity contribution >= 4 is 17.2 Å². The molecule has 0 aromatic carbocycles. The Balaban J connectivity index is 2.70. The Labute approximate surface area is 105 Å². The van der Waals surface area contributed by atoms with E-state index in [9.17, 15) is 13.2 Å². The van der Waals surface area contributed by atoms with E-state index >= 15 is 0 Å². The molecular formula is C11H19F3N2S. The Morgan fingerprint density at radius 1 is 1.47 bits per heavy atom. The number of hydrogen-bond donors (Lipinski definition) is 1. The van der Waals surface area contributed by atoms with Gasteiger partial charge in [-0.2, -0.15) is 13.2 Å². The van der Waals surface area contributed by atoms with Gasteiger partial charge in [0.05, 0.1) is 4.99 Å². The normalized spacial score (nSPS) is 29.0. The van der Waals surface area contributed by atoms with Gasteiger partial charge in [0.2, 0.25) is 0 Å². The summed E-state index contributed by atoms with van der Waals surface area (Å²) in [6, 6.07) is 0.156. The standard InChI is InChI=1S/C11H19F3N2S/c1-7-4-3-5-16(8(7)2)6-9(10(15)17)11(12,13)14/h7-9H,3-6H2,1-2H3,(H2,15,17). The number of rotatable bonds is 3. The Kier molecular flexibility index (Phi) is 4.77. The molecule has 100 valence electrons. The van der Waals surface area contributed by atoms with Crippen LogP contribution in [0.3, 0.4) is 0 Å². The van der Waals surface area contributed by atoms with E-state index in [2.05, 4.69) is 19.1 Å². The first-order valence-corrected chi connectivity index (χ1v) is 6.24. The third-order valence-electron chi connectivity index (χ3n) is 3.66. The second-order valence-electron chi connectivity index (χ2n) is 4.85. The monoisotopic (exact) mass is 268 g/mol. The number of alkyl halides is 3. The molecule has 3 atom stereocenters. The number of hydrogen-bond acceptors (Lipinski definition) is 2. The first kappa shape index (κ1) is 14.7. The second kappa shape index (κ2) is 5.52. The van der Waals surface area contributed by atoms with Crippen LogP contribution in [0.15, 0.2) is 0 Å². The van der Waals surface area contributed by atoms with Crippen molar-refractivity contribution in [3.05, 3.63) is 0 Å². The van der Waals surface area contributed by atoms with Gasteiger partial charge in [0.15, 0.2) is 0 Å². The fraction of sp³-hybridized carbons (Fsp3) is 0.909. The summed E-state index contributed by atoms with van der Waals surface area (Å²) < 4.78 is 38.3. The minimum Gasteiger partial charge on any atom is -0.393 e. The Bertz CT molecular complexity index is 280. The first-order chi connectivity index (χ1) is 7.73. The maximum atomic E-state index is 12.8. The molecule has 1 fully saturated rings. The lowest BCUT2D eigenvalue weighted by Gasteiger charge is -2.39. The molecule has 2 N–H and O–H groups in total. The molecule has 1 rings (SSSR count). The number of thiocarbonyl (C=S) groups is 1. The lowest BCUT2D eigenvalue weighted by atomic mass is 9.91. The summed E-state index contributed by atoms with van der Waals surface area (Å²) in [6.45, 7) is 4.63. The minimum absolute atomic E-state index is 0.107. The highest BCUT2D eigenvalue weighted by Gasteiger charge is 2.43. The molecule has 1 aliphatic heterocycles. The smallest absolute Gasteiger partial charge is 0.393 e. The van der Waals surface area contributed by atoms with E-state index in [1.165, 1.54) is 0 Å². The van der Waals surface area contributed by atoms with Gasteiger partial charge in [-0.15, -0.1) is 0 Å². The Morgan fingerprint density at radius 2 is 2.06 bits per heavy atom. The largest absolute Gasteiger partial charge is 0.399 e. The topological polar surface area (TPSA) is 29.3 Å². The van der Waals surface area contributed by atoms with E-state index in [1.54, 1.807) is 0 Å². The molecule has 0 radical (unpaired) electrons. The van der Waals surface area contributed by atoms with Crippen LogP contribution in [0.5, 0.6) is 0 Å². The fourth-order valence-electron chi connectivity index (χ4n) is 2.27. The van der Waals surface area contributed by atoms with Gasteiger partial charge in [-0.25, -0.2) is 0 Å². The van der Waals surface area contributed by atoms with E-state index in [4.69, 9.17) is 5.73 Å². The SMILES string of the molecule is CC1CCCN(CC(C(N)=S)C(F)(F)F)C1C. The molecule has 1 aliphatic rings. The average Bonchev–Trinajstić information content (AvgIpc) is 2.17. The summed E-state index contributed by atoms with van der Waals surface area (Å²) in [6.07, 6.45) is -2.33. The zero-order valence-corrected chi connectivity index (χ0v) is 10.9. The number of piperidine rings is 1. The van der Waals surface area contributed by atoms with Crippen molar-refractivity contribution in [2.45, 2.75) is 38.9 Å². The highest BCUT2D eigenvalue weighted by Crippen LogP contribution is 2.30. The highest BCUT2D eigenvalue weighted by atomic mass is 32.1. The van der Waals surface area contributed by atoms with Crippen LogP contribution in [0.1, 0.15) is 26.7 Å². The van der Waals surface area contributed by atoms with Gasteiger partial charge in [-0.3, -0.25) is 4.90 Å². The van der Waals surface area contributed by atoms with Crippen LogP contribution >= 0.6 is 12.2 Å². The van der Waals surface area contributed by atoms with Crippen molar-refractivity contribution in [2.24, 2.45) is 17.6 Å². The third kappa shape index (κ3) is 3.81. The molecule has 17 heavy (non-hydrogen) atoms. The van der Waals surface area contributed by atoms with Gasteiger partial charge in [0, 0.05) is 12.6 Å². The predicted octanol–water partition coefficient (Wildman–Crippen LogP) is 2.57. The summed E-state index contributed by atoms with van der Waals surface area (Å²) in [5, 5.41) is 0. The second-order valence-corrected chi connectivity index (χ2v) is 5.32. The molecular weight excluding hydrogens is 249 g/mol.